The number of hydrogen-bond acceptors (Lipinski definition) is 3. The fourth-order valence-electron chi connectivity index (χ4n) is 3.17. The molecule has 0 saturated heterocycles. The highest BCUT2D eigenvalue weighted by Gasteiger charge is 2.45. The monoisotopic (exact) mass is 321 g/mol. The molecule has 2 aromatic carbocycles. The second-order valence-corrected chi connectivity index (χ2v) is 6.40. The van der Waals surface area contributed by atoms with E-state index >= 15 is 0 Å². The van der Waals surface area contributed by atoms with Crippen LogP contribution in [0.3, 0.4) is 0 Å². The normalized spacial score (nSPS) is 16.7. The maximum atomic E-state index is 12.4. The SMILES string of the molecule is O=C(NC[C@@](O)(c1ccccc1)C1CC1)c1cc2ccccc2o1. The molecule has 1 aliphatic carbocycles. The van der Waals surface area contributed by atoms with Crippen LogP contribution in [0.2, 0.25) is 0 Å². The zero-order valence-corrected chi connectivity index (χ0v) is 13.2. The minimum Gasteiger partial charge on any atom is -0.451 e. The van der Waals surface area contributed by atoms with Crippen molar-refractivity contribution in [3.8, 4) is 0 Å². The van der Waals surface area contributed by atoms with E-state index in [4.69, 9.17) is 4.42 Å². The molecule has 122 valence electrons. The van der Waals surface area contributed by atoms with E-state index in [1.54, 1.807) is 6.07 Å². The Labute approximate surface area is 140 Å². The molecule has 4 nitrogen and oxygen atoms in total. The number of rotatable bonds is 5. The minimum atomic E-state index is -1.02. The predicted molar refractivity (Wildman–Crippen MR) is 91.6 cm³/mol. The van der Waals surface area contributed by atoms with Crippen LogP contribution in [0.15, 0.2) is 65.1 Å². The van der Waals surface area contributed by atoms with Gasteiger partial charge in [-0.05, 0) is 36.5 Å². The van der Waals surface area contributed by atoms with Gasteiger partial charge in [-0.15, -0.1) is 0 Å². The Hall–Kier alpha value is -2.59. The van der Waals surface area contributed by atoms with Crippen LogP contribution in [0.25, 0.3) is 11.0 Å². The Kier molecular flexibility index (Phi) is 3.62. The summed E-state index contributed by atoms with van der Waals surface area (Å²) in [5.41, 5.74) is 0.503. The van der Waals surface area contributed by atoms with Crippen LogP contribution < -0.4 is 5.32 Å². The molecule has 2 N–H and O–H groups in total. The molecular formula is C20H19NO3. The molecule has 1 heterocycles. The molecule has 1 saturated carbocycles. The zero-order chi connectivity index (χ0) is 16.6. The van der Waals surface area contributed by atoms with Gasteiger partial charge in [0.15, 0.2) is 5.76 Å². The maximum Gasteiger partial charge on any atom is 0.287 e. The van der Waals surface area contributed by atoms with Crippen molar-refractivity contribution in [1.82, 2.24) is 5.32 Å². The van der Waals surface area contributed by atoms with E-state index in [2.05, 4.69) is 5.32 Å². The van der Waals surface area contributed by atoms with E-state index < -0.39 is 5.60 Å². The van der Waals surface area contributed by atoms with Gasteiger partial charge in [0, 0.05) is 5.39 Å². The average molecular weight is 321 g/mol. The fourth-order valence-corrected chi connectivity index (χ4v) is 3.17. The molecule has 1 fully saturated rings. The van der Waals surface area contributed by atoms with E-state index in [0.717, 1.165) is 23.8 Å². The summed E-state index contributed by atoms with van der Waals surface area (Å²) in [5.74, 6) is 0.152. The van der Waals surface area contributed by atoms with Gasteiger partial charge in [-0.1, -0.05) is 48.5 Å². The van der Waals surface area contributed by atoms with Gasteiger partial charge < -0.3 is 14.8 Å². The van der Waals surface area contributed by atoms with E-state index in [0.29, 0.717) is 5.58 Å². The first-order chi connectivity index (χ1) is 11.7. The first-order valence-electron chi connectivity index (χ1n) is 8.21. The van der Waals surface area contributed by atoms with Crippen LogP contribution in [-0.4, -0.2) is 17.6 Å². The van der Waals surface area contributed by atoms with Crippen molar-refractivity contribution in [1.29, 1.82) is 0 Å². The first-order valence-corrected chi connectivity index (χ1v) is 8.21. The number of nitrogens with one attached hydrogen (secondary N) is 1. The fraction of sp³-hybridized carbons (Fsp3) is 0.250. The molecule has 4 heteroatoms. The van der Waals surface area contributed by atoms with Gasteiger partial charge in [-0.2, -0.15) is 0 Å². The van der Waals surface area contributed by atoms with Crippen molar-refractivity contribution < 1.29 is 14.3 Å². The van der Waals surface area contributed by atoms with E-state index in [1.807, 2.05) is 54.6 Å². The van der Waals surface area contributed by atoms with Crippen LogP contribution in [-0.2, 0) is 5.60 Å². The molecule has 0 unspecified atom stereocenters. The van der Waals surface area contributed by atoms with Crippen molar-refractivity contribution in [2.45, 2.75) is 18.4 Å². The summed E-state index contributed by atoms with van der Waals surface area (Å²) >= 11 is 0. The molecular weight excluding hydrogens is 302 g/mol. The Morgan fingerprint density at radius 1 is 1.12 bits per heavy atom. The summed E-state index contributed by atoms with van der Waals surface area (Å²) in [4.78, 5) is 12.4. The van der Waals surface area contributed by atoms with Gasteiger partial charge in [0.1, 0.15) is 11.2 Å². The first kappa shape index (κ1) is 15.0. The van der Waals surface area contributed by atoms with Gasteiger partial charge in [-0.3, -0.25) is 4.79 Å². The third kappa shape index (κ3) is 2.69. The van der Waals surface area contributed by atoms with Crippen LogP contribution >= 0.6 is 0 Å². The second kappa shape index (κ2) is 5.80. The lowest BCUT2D eigenvalue weighted by Crippen LogP contribution is -2.42. The number of furan rings is 1. The van der Waals surface area contributed by atoms with Gasteiger partial charge in [0.25, 0.3) is 5.91 Å². The van der Waals surface area contributed by atoms with Crippen LogP contribution in [0.1, 0.15) is 29.0 Å². The molecule has 1 amide bonds. The van der Waals surface area contributed by atoms with Gasteiger partial charge in [0.05, 0.1) is 6.54 Å². The number of carbonyl (C=O) groups is 1. The molecule has 1 aromatic heterocycles. The predicted octanol–water partition coefficient (Wildman–Crippen LogP) is 3.46. The number of fused-ring (bicyclic) bond motifs is 1. The molecule has 1 atom stereocenters. The highest BCUT2D eigenvalue weighted by atomic mass is 16.3. The molecule has 4 rings (SSSR count). The van der Waals surface area contributed by atoms with E-state index in [-0.39, 0.29) is 24.1 Å². The second-order valence-electron chi connectivity index (χ2n) is 6.40. The largest absolute Gasteiger partial charge is 0.451 e. The number of hydrogen-bond donors (Lipinski definition) is 2. The third-order valence-electron chi connectivity index (χ3n) is 4.69. The Morgan fingerprint density at radius 2 is 1.83 bits per heavy atom. The van der Waals surface area contributed by atoms with Crippen LogP contribution in [0, 0.1) is 5.92 Å². The topological polar surface area (TPSA) is 62.5 Å². The summed E-state index contributed by atoms with van der Waals surface area (Å²) in [6, 6.07) is 18.8. The molecule has 24 heavy (non-hydrogen) atoms. The lowest BCUT2D eigenvalue weighted by molar-refractivity contribution is 0.0132. The molecule has 1 aliphatic rings. The van der Waals surface area contributed by atoms with Crippen molar-refractivity contribution >= 4 is 16.9 Å². The summed E-state index contributed by atoms with van der Waals surface area (Å²) in [6.45, 7) is 0.178. The van der Waals surface area contributed by atoms with Crippen molar-refractivity contribution in [3.05, 3.63) is 72.0 Å². The summed E-state index contributed by atoms with van der Waals surface area (Å²) < 4.78 is 5.58. The highest BCUT2D eigenvalue weighted by Crippen LogP contribution is 2.45. The zero-order valence-electron chi connectivity index (χ0n) is 13.2. The standard InChI is InChI=1S/C20H19NO3/c22-19(18-12-14-6-4-5-9-17(14)24-18)21-13-20(23,16-10-11-16)15-7-2-1-3-8-15/h1-9,12,16,23H,10-11,13H2,(H,21,22)/t20-/m1/s1. The minimum absolute atomic E-state index is 0.178. The summed E-state index contributed by atoms with van der Waals surface area (Å²) in [6.07, 6.45) is 1.96. The Morgan fingerprint density at radius 3 is 2.54 bits per heavy atom. The lowest BCUT2D eigenvalue weighted by Gasteiger charge is -2.29. The quantitative estimate of drug-likeness (QED) is 0.756. The van der Waals surface area contributed by atoms with Gasteiger partial charge >= 0.3 is 0 Å². The van der Waals surface area contributed by atoms with Gasteiger partial charge in [0.2, 0.25) is 0 Å². The number of benzene rings is 2. The number of amides is 1. The van der Waals surface area contributed by atoms with Crippen LogP contribution in [0.5, 0.6) is 0 Å². The van der Waals surface area contributed by atoms with Crippen LogP contribution in [0.4, 0.5) is 0 Å². The Bertz CT molecular complexity index is 834. The molecule has 0 spiro atoms. The Balaban J connectivity index is 1.53. The molecule has 0 radical (unpaired) electrons. The average Bonchev–Trinajstić information content (AvgIpc) is 3.39. The van der Waals surface area contributed by atoms with Gasteiger partial charge in [-0.25, -0.2) is 0 Å². The number of para-hydroxylation sites is 1. The number of aliphatic hydroxyl groups is 1. The van der Waals surface area contributed by atoms with Crippen molar-refractivity contribution in [3.63, 3.8) is 0 Å². The van der Waals surface area contributed by atoms with Crippen molar-refractivity contribution in [2.75, 3.05) is 6.54 Å². The highest BCUT2D eigenvalue weighted by molar-refractivity contribution is 5.96. The molecule has 0 bridgehead atoms. The molecule has 0 aliphatic heterocycles. The van der Waals surface area contributed by atoms with E-state index in [9.17, 15) is 9.90 Å². The van der Waals surface area contributed by atoms with E-state index in [1.165, 1.54) is 0 Å². The molecule has 3 aromatic rings. The third-order valence-corrected chi connectivity index (χ3v) is 4.69. The lowest BCUT2D eigenvalue weighted by atomic mass is 9.88. The summed E-state index contributed by atoms with van der Waals surface area (Å²) in [5, 5.41) is 14.8. The summed E-state index contributed by atoms with van der Waals surface area (Å²) in [7, 11) is 0. The smallest absolute Gasteiger partial charge is 0.287 e. The van der Waals surface area contributed by atoms with Crippen molar-refractivity contribution in [2.24, 2.45) is 5.92 Å². The number of carbonyl (C=O) groups excluding carboxylic acids is 1. The maximum absolute atomic E-state index is 12.4.